The van der Waals surface area contributed by atoms with E-state index in [1.807, 2.05) is 6.07 Å². The molecule has 1 fully saturated rings. The normalized spacial score (nSPS) is 21.8. The Balaban J connectivity index is 0.00000220. The number of benzene rings is 1. The molecule has 1 saturated heterocycles. The molecule has 0 bridgehead atoms. The van der Waals surface area contributed by atoms with Gasteiger partial charge in [-0.3, -0.25) is 4.99 Å². The number of rotatable bonds is 4. The average Bonchev–Trinajstić information content (AvgIpc) is 2.88. The van der Waals surface area contributed by atoms with Crippen molar-refractivity contribution in [1.82, 2.24) is 10.6 Å². The van der Waals surface area contributed by atoms with Gasteiger partial charge in [-0.25, -0.2) is 4.39 Å². The van der Waals surface area contributed by atoms with Gasteiger partial charge in [-0.15, -0.1) is 24.0 Å². The molecule has 0 amide bonds. The van der Waals surface area contributed by atoms with Gasteiger partial charge in [0.05, 0.1) is 5.60 Å². The van der Waals surface area contributed by atoms with Gasteiger partial charge in [-0.2, -0.15) is 0 Å². The van der Waals surface area contributed by atoms with Crippen LogP contribution in [0.15, 0.2) is 29.3 Å². The van der Waals surface area contributed by atoms with Crippen molar-refractivity contribution in [2.75, 3.05) is 20.2 Å². The molecule has 118 valence electrons. The van der Waals surface area contributed by atoms with E-state index >= 15 is 0 Å². The van der Waals surface area contributed by atoms with E-state index < -0.39 is 0 Å². The Morgan fingerprint density at radius 1 is 1.38 bits per heavy atom. The Hall–Kier alpha value is -0.890. The molecule has 2 N–H and O–H groups in total. The zero-order valence-electron chi connectivity index (χ0n) is 12.5. The minimum absolute atomic E-state index is 0. The van der Waals surface area contributed by atoms with Crippen LogP contribution in [0.25, 0.3) is 0 Å². The molecule has 1 unspecified atom stereocenters. The fraction of sp³-hybridized carbons (Fsp3) is 0.533. The number of hydrogen-bond acceptors (Lipinski definition) is 2. The van der Waals surface area contributed by atoms with Crippen LogP contribution >= 0.6 is 24.0 Å². The van der Waals surface area contributed by atoms with Gasteiger partial charge in [0.2, 0.25) is 0 Å². The van der Waals surface area contributed by atoms with E-state index in [9.17, 15) is 4.39 Å². The van der Waals surface area contributed by atoms with Crippen LogP contribution in [0.5, 0.6) is 0 Å². The fourth-order valence-corrected chi connectivity index (χ4v) is 2.29. The minimum atomic E-state index is -0.207. The molecule has 21 heavy (non-hydrogen) atoms. The van der Waals surface area contributed by atoms with Gasteiger partial charge >= 0.3 is 0 Å². The number of nitrogens with zero attached hydrogens (tertiary/aromatic N) is 1. The van der Waals surface area contributed by atoms with Crippen LogP contribution in [0.4, 0.5) is 4.39 Å². The van der Waals surface area contributed by atoms with Crippen molar-refractivity contribution in [2.45, 2.75) is 31.9 Å². The van der Waals surface area contributed by atoms with Crippen LogP contribution in [-0.2, 0) is 11.3 Å². The predicted molar refractivity (Wildman–Crippen MR) is 93.6 cm³/mol. The van der Waals surface area contributed by atoms with E-state index in [1.165, 1.54) is 6.07 Å². The molecule has 0 saturated carbocycles. The van der Waals surface area contributed by atoms with Crippen LogP contribution < -0.4 is 10.6 Å². The molecule has 6 heteroatoms. The second-order valence-electron chi connectivity index (χ2n) is 5.27. The highest BCUT2D eigenvalue weighted by Crippen LogP contribution is 2.23. The molecular formula is C15H23FIN3O. The molecule has 0 aliphatic carbocycles. The van der Waals surface area contributed by atoms with E-state index in [4.69, 9.17) is 4.74 Å². The lowest BCUT2D eigenvalue weighted by Gasteiger charge is -2.24. The lowest BCUT2D eigenvalue weighted by Crippen LogP contribution is -2.45. The summed E-state index contributed by atoms with van der Waals surface area (Å²) in [6.45, 7) is 4.02. The number of nitrogens with one attached hydrogen (secondary N) is 2. The summed E-state index contributed by atoms with van der Waals surface area (Å²) in [4.78, 5) is 4.14. The number of hydrogen-bond donors (Lipinski definition) is 2. The van der Waals surface area contributed by atoms with Gasteiger partial charge in [-0.1, -0.05) is 18.2 Å². The van der Waals surface area contributed by atoms with Gasteiger partial charge in [0.1, 0.15) is 5.82 Å². The van der Waals surface area contributed by atoms with E-state index in [1.54, 1.807) is 19.2 Å². The zero-order chi connectivity index (χ0) is 14.4. The third-order valence-electron chi connectivity index (χ3n) is 3.56. The molecule has 1 aliphatic rings. The third kappa shape index (κ3) is 5.43. The van der Waals surface area contributed by atoms with Crippen LogP contribution in [0.2, 0.25) is 0 Å². The molecule has 1 heterocycles. The standard InChI is InChI=1S/C15H22FN3O.HI/c1-15(8-5-9-20-15)11-19-14(17-2)18-10-12-6-3-4-7-13(12)16;/h3-4,6-7H,5,8-11H2,1-2H3,(H2,17,18,19);1H. The Morgan fingerprint density at radius 3 is 2.76 bits per heavy atom. The van der Waals surface area contributed by atoms with Gasteiger partial charge in [0.15, 0.2) is 5.96 Å². The first-order valence-electron chi connectivity index (χ1n) is 6.95. The van der Waals surface area contributed by atoms with E-state index in [0.717, 1.165) is 19.4 Å². The molecule has 0 spiro atoms. The zero-order valence-corrected chi connectivity index (χ0v) is 14.8. The largest absolute Gasteiger partial charge is 0.373 e. The van der Waals surface area contributed by atoms with Crippen LogP contribution in [0.1, 0.15) is 25.3 Å². The summed E-state index contributed by atoms with van der Waals surface area (Å²) in [5, 5.41) is 6.34. The molecule has 0 aromatic heterocycles. The van der Waals surface area contributed by atoms with Gasteiger partial charge in [0.25, 0.3) is 0 Å². The molecule has 1 atom stereocenters. The highest BCUT2D eigenvalue weighted by atomic mass is 127. The topological polar surface area (TPSA) is 45.7 Å². The van der Waals surface area contributed by atoms with Crippen molar-refractivity contribution in [3.63, 3.8) is 0 Å². The van der Waals surface area contributed by atoms with Gasteiger partial charge < -0.3 is 15.4 Å². The predicted octanol–water partition coefficient (Wildman–Crippen LogP) is 2.68. The Morgan fingerprint density at radius 2 is 2.14 bits per heavy atom. The van der Waals surface area contributed by atoms with Crippen molar-refractivity contribution in [3.8, 4) is 0 Å². The third-order valence-corrected chi connectivity index (χ3v) is 3.56. The number of aliphatic imine (C=N–C) groups is 1. The van der Waals surface area contributed by atoms with Crippen molar-refractivity contribution in [2.24, 2.45) is 4.99 Å². The van der Waals surface area contributed by atoms with Crippen molar-refractivity contribution in [3.05, 3.63) is 35.6 Å². The van der Waals surface area contributed by atoms with Crippen molar-refractivity contribution in [1.29, 1.82) is 0 Å². The lowest BCUT2D eigenvalue weighted by molar-refractivity contribution is 0.0243. The van der Waals surface area contributed by atoms with E-state index in [2.05, 4.69) is 22.5 Å². The highest BCUT2D eigenvalue weighted by Gasteiger charge is 2.29. The molecule has 0 radical (unpaired) electrons. The summed E-state index contributed by atoms with van der Waals surface area (Å²) in [7, 11) is 1.70. The number of guanidine groups is 1. The summed E-state index contributed by atoms with van der Waals surface area (Å²) in [6, 6.07) is 6.73. The highest BCUT2D eigenvalue weighted by molar-refractivity contribution is 14.0. The molecule has 2 rings (SSSR count). The number of ether oxygens (including phenoxy) is 1. The van der Waals surface area contributed by atoms with Crippen molar-refractivity contribution >= 4 is 29.9 Å². The Bertz CT molecular complexity index is 476. The maximum Gasteiger partial charge on any atom is 0.191 e. The number of halogens is 2. The first-order chi connectivity index (χ1) is 9.63. The first-order valence-corrected chi connectivity index (χ1v) is 6.95. The molecule has 1 aliphatic heterocycles. The van der Waals surface area contributed by atoms with Gasteiger partial charge in [0, 0.05) is 32.3 Å². The summed E-state index contributed by atoms with van der Waals surface area (Å²) >= 11 is 0. The summed E-state index contributed by atoms with van der Waals surface area (Å²) < 4.78 is 19.2. The van der Waals surface area contributed by atoms with Crippen LogP contribution in [-0.4, -0.2) is 31.8 Å². The quantitative estimate of drug-likeness (QED) is 0.459. The molecule has 4 nitrogen and oxygen atoms in total. The maximum absolute atomic E-state index is 13.5. The minimum Gasteiger partial charge on any atom is -0.373 e. The average molecular weight is 407 g/mol. The van der Waals surface area contributed by atoms with Gasteiger partial charge in [-0.05, 0) is 25.8 Å². The Labute approximate surface area is 142 Å². The van der Waals surface area contributed by atoms with E-state index in [-0.39, 0.29) is 35.4 Å². The van der Waals surface area contributed by atoms with Crippen LogP contribution in [0, 0.1) is 5.82 Å². The molecular weight excluding hydrogens is 384 g/mol. The van der Waals surface area contributed by atoms with Crippen molar-refractivity contribution < 1.29 is 9.13 Å². The second kappa shape index (κ2) is 8.53. The summed E-state index contributed by atoms with van der Waals surface area (Å²) in [5.41, 5.74) is 0.495. The first kappa shape index (κ1) is 18.2. The summed E-state index contributed by atoms with van der Waals surface area (Å²) in [5.74, 6) is 0.450. The molecule has 1 aromatic carbocycles. The molecule has 1 aromatic rings. The monoisotopic (exact) mass is 407 g/mol. The lowest BCUT2D eigenvalue weighted by atomic mass is 10.0. The maximum atomic E-state index is 13.5. The second-order valence-corrected chi connectivity index (χ2v) is 5.27. The van der Waals surface area contributed by atoms with Crippen LogP contribution in [0.3, 0.4) is 0 Å². The SMILES string of the molecule is CN=C(NCc1ccccc1F)NCC1(C)CCCO1.I. The summed E-state index contributed by atoms with van der Waals surface area (Å²) in [6.07, 6.45) is 2.14. The smallest absolute Gasteiger partial charge is 0.191 e. The van der Waals surface area contributed by atoms with E-state index in [0.29, 0.717) is 24.6 Å². The Kier molecular flexibility index (Phi) is 7.37. The fourth-order valence-electron chi connectivity index (χ4n) is 2.29.